The molecule has 1 unspecified atom stereocenters. The topological polar surface area (TPSA) is 12.9 Å². The molecule has 2 rings (SSSR count). The number of aromatic nitrogens is 1. The second-order valence-electron chi connectivity index (χ2n) is 3.41. The van der Waals surface area contributed by atoms with Crippen molar-refractivity contribution in [3.05, 3.63) is 30.1 Å². The van der Waals surface area contributed by atoms with Gasteiger partial charge in [0.15, 0.2) is 0 Å². The molecule has 1 atom stereocenters. The van der Waals surface area contributed by atoms with Crippen LogP contribution in [0.2, 0.25) is 0 Å². The van der Waals surface area contributed by atoms with Gasteiger partial charge in [-0.15, -0.1) is 0 Å². The summed E-state index contributed by atoms with van der Waals surface area (Å²) >= 11 is 3.72. The number of pyridine rings is 1. The van der Waals surface area contributed by atoms with Gasteiger partial charge in [-0.2, -0.15) is 0 Å². The average Bonchev–Trinajstić information content (AvgIpc) is 2.88. The molecule has 0 N–H and O–H groups in total. The van der Waals surface area contributed by atoms with Gasteiger partial charge in [-0.3, -0.25) is 4.98 Å². The third-order valence-electron chi connectivity index (χ3n) is 2.31. The van der Waals surface area contributed by atoms with Crippen LogP contribution < -0.4 is 0 Å². The quantitative estimate of drug-likeness (QED) is 0.722. The Balaban J connectivity index is 1.94. The lowest BCUT2D eigenvalue weighted by molar-refractivity contribution is 0.760. The summed E-state index contributed by atoms with van der Waals surface area (Å²) in [5.74, 6) is 0.929. The van der Waals surface area contributed by atoms with E-state index in [2.05, 4.69) is 33.0 Å². The van der Waals surface area contributed by atoms with E-state index in [-0.39, 0.29) is 0 Å². The molecular weight excluding hydrogens is 214 g/mol. The van der Waals surface area contributed by atoms with E-state index < -0.39 is 0 Å². The second-order valence-corrected chi connectivity index (χ2v) is 4.59. The molecule has 1 heterocycles. The molecule has 0 amide bonds. The van der Waals surface area contributed by atoms with Crippen LogP contribution >= 0.6 is 15.9 Å². The first-order chi connectivity index (χ1) is 5.86. The van der Waals surface area contributed by atoms with Gasteiger partial charge in [0.2, 0.25) is 0 Å². The number of alkyl halides is 1. The van der Waals surface area contributed by atoms with Crippen molar-refractivity contribution >= 4 is 15.9 Å². The Morgan fingerprint density at radius 2 is 2.08 bits per heavy atom. The zero-order valence-electron chi connectivity index (χ0n) is 6.91. The summed E-state index contributed by atoms with van der Waals surface area (Å²) in [5.41, 5.74) is 1.39. The number of hydrogen-bond acceptors (Lipinski definition) is 1. The van der Waals surface area contributed by atoms with E-state index >= 15 is 0 Å². The summed E-state index contributed by atoms with van der Waals surface area (Å²) in [4.78, 5) is 4.68. The van der Waals surface area contributed by atoms with Crippen LogP contribution in [0.3, 0.4) is 0 Å². The van der Waals surface area contributed by atoms with E-state index in [9.17, 15) is 0 Å². The predicted molar refractivity (Wildman–Crippen MR) is 53.4 cm³/mol. The molecule has 2 heteroatoms. The lowest BCUT2D eigenvalue weighted by Crippen LogP contribution is -2.04. The summed E-state index contributed by atoms with van der Waals surface area (Å²) in [6, 6.07) is 4.19. The van der Waals surface area contributed by atoms with Gasteiger partial charge >= 0.3 is 0 Å². The summed E-state index contributed by atoms with van der Waals surface area (Å²) in [7, 11) is 0. The highest BCUT2D eigenvalue weighted by atomic mass is 79.9. The third kappa shape index (κ3) is 2.07. The minimum Gasteiger partial charge on any atom is -0.265 e. The van der Waals surface area contributed by atoms with Crippen molar-refractivity contribution in [3.63, 3.8) is 0 Å². The molecular formula is C10H12BrN. The van der Waals surface area contributed by atoms with Crippen LogP contribution in [0.4, 0.5) is 0 Å². The zero-order valence-corrected chi connectivity index (χ0v) is 8.50. The molecule has 1 aliphatic carbocycles. The van der Waals surface area contributed by atoms with E-state index in [0.717, 1.165) is 12.3 Å². The van der Waals surface area contributed by atoms with Crippen molar-refractivity contribution < 1.29 is 0 Å². The highest BCUT2D eigenvalue weighted by molar-refractivity contribution is 9.09. The number of hydrogen-bond donors (Lipinski definition) is 0. The molecule has 0 bridgehead atoms. The molecule has 1 aromatic rings. The zero-order chi connectivity index (χ0) is 8.39. The van der Waals surface area contributed by atoms with E-state index in [1.54, 1.807) is 0 Å². The van der Waals surface area contributed by atoms with Crippen LogP contribution in [-0.4, -0.2) is 9.81 Å². The van der Waals surface area contributed by atoms with Crippen molar-refractivity contribution in [1.82, 2.24) is 4.98 Å². The molecule has 1 fully saturated rings. The Morgan fingerprint density at radius 3 is 2.67 bits per heavy atom. The fourth-order valence-corrected chi connectivity index (χ4v) is 2.27. The van der Waals surface area contributed by atoms with E-state index in [0.29, 0.717) is 4.83 Å². The van der Waals surface area contributed by atoms with Gasteiger partial charge in [0.25, 0.3) is 0 Å². The fraction of sp³-hybridized carbons (Fsp3) is 0.500. The van der Waals surface area contributed by atoms with Gasteiger partial charge in [-0.05, 0) is 42.9 Å². The highest BCUT2D eigenvalue weighted by Gasteiger charge is 2.28. The van der Waals surface area contributed by atoms with Crippen LogP contribution in [0.1, 0.15) is 18.4 Å². The Labute approximate surface area is 81.3 Å². The minimum atomic E-state index is 0.680. The first-order valence-electron chi connectivity index (χ1n) is 4.39. The molecule has 0 saturated heterocycles. The SMILES string of the molecule is BrC(Cc1ccncc1)C1CC1. The minimum absolute atomic E-state index is 0.680. The molecule has 1 nitrogen and oxygen atoms in total. The van der Waals surface area contributed by atoms with Crippen molar-refractivity contribution in [2.45, 2.75) is 24.1 Å². The monoisotopic (exact) mass is 225 g/mol. The largest absolute Gasteiger partial charge is 0.265 e. The maximum atomic E-state index is 4.00. The molecule has 0 spiro atoms. The Bertz CT molecular complexity index is 243. The summed E-state index contributed by atoms with van der Waals surface area (Å²) in [5, 5.41) is 0. The Kier molecular flexibility index (Phi) is 2.45. The lowest BCUT2D eigenvalue weighted by atomic mass is 10.1. The van der Waals surface area contributed by atoms with Crippen molar-refractivity contribution in [3.8, 4) is 0 Å². The van der Waals surface area contributed by atoms with Crippen LogP contribution in [0.25, 0.3) is 0 Å². The van der Waals surface area contributed by atoms with Crippen molar-refractivity contribution in [1.29, 1.82) is 0 Å². The smallest absolute Gasteiger partial charge is 0.0270 e. The summed E-state index contributed by atoms with van der Waals surface area (Å²) < 4.78 is 0. The van der Waals surface area contributed by atoms with Gasteiger partial charge in [-0.25, -0.2) is 0 Å². The summed E-state index contributed by atoms with van der Waals surface area (Å²) in [6.45, 7) is 0. The molecule has 1 aliphatic rings. The van der Waals surface area contributed by atoms with Crippen LogP contribution in [-0.2, 0) is 6.42 Å². The normalized spacial score (nSPS) is 19.1. The first kappa shape index (κ1) is 8.24. The molecule has 64 valence electrons. The molecule has 0 aromatic carbocycles. The second kappa shape index (κ2) is 3.56. The molecule has 0 aliphatic heterocycles. The first-order valence-corrected chi connectivity index (χ1v) is 5.31. The van der Waals surface area contributed by atoms with Gasteiger partial charge in [0.1, 0.15) is 0 Å². The van der Waals surface area contributed by atoms with E-state index in [1.807, 2.05) is 12.4 Å². The van der Waals surface area contributed by atoms with Crippen molar-refractivity contribution in [2.75, 3.05) is 0 Å². The molecule has 1 aromatic heterocycles. The van der Waals surface area contributed by atoms with Gasteiger partial charge < -0.3 is 0 Å². The third-order valence-corrected chi connectivity index (χ3v) is 3.38. The number of nitrogens with zero attached hydrogens (tertiary/aromatic N) is 1. The lowest BCUT2D eigenvalue weighted by Gasteiger charge is -2.06. The van der Waals surface area contributed by atoms with Crippen LogP contribution in [0.15, 0.2) is 24.5 Å². The van der Waals surface area contributed by atoms with Gasteiger partial charge in [0.05, 0.1) is 0 Å². The number of halogens is 1. The average molecular weight is 226 g/mol. The Hall–Kier alpha value is -0.370. The van der Waals surface area contributed by atoms with E-state index in [1.165, 1.54) is 18.4 Å². The maximum absolute atomic E-state index is 4.00. The molecule has 0 radical (unpaired) electrons. The van der Waals surface area contributed by atoms with E-state index in [4.69, 9.17) is 0 Å². The fourth-order valence-electron chi connectivity index (χ4n) is 1.37. The van der Waals surface area contributed by atoms with Crippen LogP contribution in [0.5, 0.6) is 0 Å². The standard InChI is InChI=1S/C10H12BrN/c11-10(9-1-2-9)7-8-3-5-12-6-4-8/h3-6,9-10H,1-2,7H2. The number of rotatable bonds is 3. The summed E-state index contributed by atoms with van der Waals surface area (Å²) in [6.07, 6.45) is 7.68. The van der Waals surface area contributed by atoms with Crippen molar-refractivity contribution in [2.24, 2.45) is 5.92 Å². The molecule has 1 saturated carbocycles. The molecule has 12 heavy (non-hydrogen) atoms. The van der Waals surface area contributed by atoms with Crippen LogP contribution in [0, 0.1) is 5.92 Å². The Morgan fingerprint density at radius 1 is 1.42 bits per heavy atom. The predicted octanol–water partition coefficient (Wildman–Crippen LogP) is 2.80. The van der Waals surface area contributed by atoms with Gasteiger partial charge in [0, 0.05) is 17.2 Å². The van der Waals surface area contributed by atoms with Gasteiger partial charge in [-0.1, -0.05) is 15.9 Å². The highest BCUT2D eigenvalue weighted by Crippen LogP contribution is 2.37. The maximum Gasteiger partial charge on any atom is 0.0270 e.